The van der Waals surface area contributed by atoms with E-state index >= 15 is 0 Å². The van der Waals surface area contributed by atoms with Gasteiger partial charge in [0, 0.05) is 0 Å². The van der Waals surface area contributed by atoms with E-state index in [0.29, 0.717) is 0 Å². The third kappa shape index (κ3) is 21.3. The van der Waals surface area contributed by atoms with E-state index in [2.05, 4.69) is 6.58 Å². The highest BCUT2D eigenvalue weighted by Gasteiger charge is 1.70. The highest BCUT2D eigenvalue weighted by molar-refractivity contribution is 5.53. The van der Waals surface area contributed by atoms with Crippen LogP contribution < -0.4 is 0 Å². The summed E-state index contributed by atoms with van der Waals surface area (Å²) in [5, 5.41) is 19.8. The minimum atomic E-state index is -1.83. The molecule has 0 amide bonds. The maximum atomic E-state index is 8.56. The van der Waals surface area contributed by atoms with E-state index < -0.39 is 6.16 Å². The molecule has 0 radical (unpaired) electrons. The average Bonchev–Trinajstić information content (AvgIpc) is 1.33. The Morgan fingerprint density at radius 1 is 1.71 bits per heavy atom. The first-order chi connectivity index (χ1) is 3.15. The van der Waals surface area contributed by atoms with E-state index in [-0.39, 0.29) is 0 Å². The third-order valence-electron chi connectivity index (χ3n) is 0. The Morgan fingerprint density at radius 2 is 1.71 bits per heavy atom. The van der Waals surface area contributed by atoms with Crippen LogP contribution in [0.25, 0.3) is 0 Å². The zero-order chi connectivity index (χ0) is 6.28. The molecule has 3 N–H and O–H groups in total. The predicted molar refractivity (Wildman–Crippen MR) is 24.0 cm³/mol. The minimum Gasteiger partial charge on any atom is -0.450 e. The van der Waals surface area contributed by atoms with Crippen LogP contribution in [0.1, 0.15) is 0 Å². The number of nitrogens with one attached hydrogen (secondary N) is 1. The van der Waals surface area contributed by atoms with Crippen LogP contribution in [0.3, 0.4) is 0 Å². The molecule has 0 atom stereocenters. The summed E-state index contributed by atoms with van der Waals surface area (Å²) in [7, 11) is 0. The topological polar surface area (TPSA) is 81.4 Å². The molecule has 0 rings (SSSR count). The van der Waals surface area contributed by atoms with E-state index in [1.165, 1.54) is 0 Å². The van der Waals surface area contributed by atoms with Crippen LogP contribution in [-0.4, -0.2) is 22.2 Å². The minimum absolute atomic E-state index is 1.75. The largest absolute Gasteiger partial charge is 0.503 e. The van der Waals surface area contributed by atoms with Gasteiger partial charge in [0.1, 0.15) is 0 Å². The van der Waals surface area contributed by atoms with Crippen molar-refractivity contribution in [2.75, 3.05) is 0 Å². The monoisotopic (exact) mass is 103 g/mol. The summed E-state index contributed by atoms with van der Waals surface area (Å²) in [4.78, 5) is 8.56. The number of rotatable bonds is 0. The maximum absolute atomic E-state index is 8.56. The molecule has 0 saturated carbocycles. The molecule has 0 heterocycles. The average molecular weight is 103 g/mol. The van der Waals surface area contributed by atoms with Crippen LogP contribution in [0.5, 0.6) is 0 Å². The molecule has 40 valence electrons. The molecule has 4 heteroatoms. The lowest BCUT2D eigenvalue weighted by Crippen LogP contribution is -1.81. The fourth-order valence-corrected chi connectivity index (χ4v) is 0. The van der Waals surface area contributed by atoms with E-state index in [4.69, 9.17) is 20.4 Å². The highest BCUT2D eigenvalue weighted by atomic mass is 16.6. The summed E-state index contributed by atoms with van der Waals surface area (Å²) in [5.41, 5.74) is 0. The van der Waals surface area contributed by atoms with Crippen molar-refractivity contribution in [1.29, 1.82) is 5.41 Å². The van der Waals surface area contributed by atoms with Crippen molar-refractivity contribution in [2.24, 2.45) is 0 Å². The summed E-state index contributed by atoms with van der Waals surface area (Å²) in [6.07, 6.45) is -1.83. The molecule has 0 aromatic heterocycles. The van der Waals surface area contributed by atoms with Crippen molar-refractivity contribution < 1.29 is 15.0 Å². The fraction of sp³-hybridized carbons (Fsp3) is 0. The van der Waals surface area contributed by atoms with Gasteiger partial charge in [-0.15, -0.1) is 0 Å². The molecule has 4 nitrogen and oxygen atoms in total. The van der Waals surface area contributed by atoms with E-state index in [0.717, 1.165) is 0 Å². The fourth-order valence-electron chi connectivity index (χ4n) is 0. The van der Waals surface area contributed by atoms with Gasteiger partial charge in [-0.2, -0.15) is 0 Å². The summed E-state index contributed by atoms with van der Waals surface area (Å²) in [6.45, 7) is 2.90. The molecule has 7 heavy (non-hydrogen) atoms. The summed E-state index contributed by atoms with van der Waals surface area (Å²) in [5.74, 6) is 1.75. The van der Waals surface area contributed by atoms with Gasteiger partial charge in [-0.25, -0.2) is 4.79 Å². The second-order valence-corrected chi connectivity index (χ2v) is 0.459. The maximum Gasteiger partial charge on any atom is 0.503 e. The summed E-state index contributed by atoms with van der Waals surface area (Å²) >= 11 is 0. The van der Waals surface area contributed by atoms with Gasteiger partial charge in [0.15, 0.2) is 0 Å². The molecule has 0 aliphatic carbocycles. The third-order valence-corrected chi connectivity index (χ3v) is 0. The first-order valence-electron chi connectivity index (χ1n) is 1.25. The molecule has 0 fully saturated rings. The normalized spacial score (nSPS) is 4.57. The summed E-state index contributed by atoms with van der Waals surface area (Å²) < 4.78 is 0. The molecule has 0 saturated heterocycles. The van der Waals surface area contributed by atoms with Gasteiger partial charge in [0.05, 0.1) is 0 Å². The van der Waals surface area contributed by atoms with Crippen molar-refractivity contribution in [2.45, 2.75) is 0 Å². The molecule has 0 aromatic carbocycles. The molecule has 0 spiro atoms. The Morgan fingerprint density at radius 3 is 1.71 bits per heavy atom. The number of hydrogen-bond donors (Lipinski definition) is 3. The zero-order valence-corrected chi connectivity index (χ0v) is 3.51. The van der Waals surface area contributed by atoms with E-state index in [9.17, 15) is 0 Å². The first-order valence-corrected chi connectivity index (χ1v) is 1.25. The zero-order valence-electron chi connectivity index (χ0n) is 3.51. The van der Waals surface area contributed by atoms with Gasteiger partial charge in [-0.3, -0.25) is 5.41 Å². The van der Waals surface area contributed by atoms with E-state index in [1.54, 1.807) is 5.87 Å². The van der Waals surface area contributed by atoms with Crippen molar-refractivity contribution in [3.05, 3.63) is 6.58 Å². The lowest BCUT2D eigenvalue weighted by molar-refractivity contribution is 0.137. The Balaban J connectivity index is 0. The van der Waals surface area contributed by atoms with Gasteiger partial charge < -0.3 is 10.2 Å². The highest BCUT2D eigenvalue weighted by Crippen LogP contribution is 1.42. The van der Waals surface area contributed by atoms with Crippen molar-refractivity contribution in [3.63, 3.8) is 0 Å². The second-order valence-electron chi connectivity index (χ2n) is 0.459. The SMILES string of the molecule is C=C=N.O=C(O)O. The second kappa shape index (κ2) is 8.83. The number of carboxylic acid groups (broad SMARTS) is 2. The predicted octanol–water partition coefficient (Wildman–Crippen LogP) is 0.643. The quantitative estimate of drug-likeness (QED) is 0.393. The van der Waals surface area contributed by atoms with Gasteiger partial charge >= 0.3 is 6.16 Å². The van der Waals surface area contributed by atoms with Crippen LogP contribution in [0.2, 0.25) is 0 Å². The number of carbonyl (C=O) groups is 1. The van der Waals surface area contributed by atoms with Gasteiger partial charge in [-0.1, -0.05) is 0 Å². The molecule has 0 aromatic rings. The molecule has 0 unspecified atom stereocenters. The van der Waals surface area contributed by atoms with Crippen LogP contribution in [0, 0.1) is 5.41 Å². The Bertz CT molecular complexity index is 78.2. The molecule has 0 bridgehead atoms. The first kappa shape index (κ1) is 9.21. The van der Waals surface area contributed by atoms with Crippen LogP contribution >= 0.6 is 0 Å². The molecule has 0 aliphatic heterocycles. The lowest BCUT2D eigenvalue weighted by Gasteiger charge is -1.60. The molecule has 0 aliphatic rings. The van der Waals surface area contributed by atoms with Crippen LogP contribution in [0.4, 0.5) is 4.79 Å². The Kier molecular flexibility index (Phi) is 11.6. The smallest absolute Gasteiger partial charge is 0.450 e. The standard InChI is InChI=1S/C2H3N.CH2O3/c1-2-3;2-1(3)4/h3H,1H2;(H2,2,3,4). The Hall–Kier alpha value is -1.28. The Labute approximate surface area is 40.2 Å². The van der Waals surface area contributed by atoms with Crippen molar-refractivity contribution in [3.8, 4) is 0 Å². The van der Waals surface area contributed by atoms with Crippen LogP contribution in [-0.2, 0) is 0 Å². The van der Waals surface area contributed by atoms with Crippen molar-refractivity contribution >= 4 is 12.0 Å². The van der Waals surface area contributed by atoms with Crippen LogP contribution in [0.15, 0.2) is 6.58 Å². The van der Waals surface area contributed by atoms with Crippen molar-refractivity contribution in [1.82, 2.24) is 0 Å². The number of hydrogen-bond acceptors (Lipinski definition) is 2. The van der Waals surface area contributed by atoms with Gasteiger partial charge in [0.25, 0.3) is 0 Å². The van der Waals surface area contributed by atoms with E-state index in [1.807, 2.05) is 0 Å². The molecular formula is C3H5NO3. The van der Waals surface area contributed by atoms with Gasteiger partial charge in [-0.05, 0) is 12.4 Å². The molecular weight excluding hydrogens is 98.0 g/mol. The van der Waals surface area contributed by atoms with Gasteiger partial charge in [0.2, 0.25) is 0 Å². The lowest BCUT2D eigenvalue weighted by atomic mass is 11.2. The summed E-state index contributed by atoms with van der Waals surface area (Å²) in [6, 6.07) is 0.